The lowest BCUT2D eigenvalue weighted by atomic mass is 9.66. The summed E-state index contributed by atoms with van der Waals surface area (Å²) in [5.74, 6) is -2.34. The first-order valence-corrected chi connectivity index (χ1v) is 4.69. The molecule has 2 atom stereocenters. The molecule has 4 nitrogen and oxygen atoms in total. The molecule has 0 amide bonds. The van der Waals surface area contributed by atoms with Crippen LogP contribution in [0, 0.1) is 16.7 Å². The van der Waals surface area contributed by atoms with Crippen molar-refractivity contribution >= 4 is 11.9 Å². The van der Waals surface area contributed by atoms with Crippen LogP contribution >= 0.6 is 0 Å². The molecule has 2 N–H and O–H groups in total. The van der Waals surface area contributed by atoms with E-state index in [0.29, 0.717) is 12.8 Å². The molecule has 0 heterocycles. The molecule has 0 aromatic carbocycles. The van der Waals surface area contributed by atoms with Gasteiger partial charge in [-0.05, 0) is 25.2 Å². The van der Waals surface area contributed by atoms with Crippen LogP contribution < -0.4 is 0 Å². The quantitative estimate of drug-likeness (QED) is 0.710. The van der Waals surface area contributed by atoms with E-state index >= 15 is 0 Å². The minimum Gasteiger partial charge on any atom is -0.481 e. The van der Waals surface area contributed by atoms with Crippen molar-refractivity contribution in [2.24, 2.45) is 16.7 Å². The molecule has 1 aliphatic carbocycles. The maximum absolute atomic E-state index is 11.1. The normalized spacial score (nSPS) is 35.5. The monoisotopic (exact) mass is 200 g/mol. The molecule has 14 heavy (non-hydrogen) atoms. The van der Waals surface area contributed by atoms with Crippen LogP contribution in [0.3, 0.4) is 0 Å². The van der Waals surface area contributed by atoms with Gasteiger partial charge in [-0.3, -0.25) is 9.59 Å². The minimum atomic E-state index is -0.921. The predicted molar refractivity (Wildman–Crippen MR) is 49.9 cm³/mol. The third-order valence-electron chi connectivity index (χ3n) is 4.00. The fourth-order valence-corrected chi connectivity index (χ4v) is 2.32. The number of carboxylic acid groups (broad SMARTS) is 2. The molecule has 0 saturated heterocycles. The number of carbonyl (C=O) groups is 2. The molecule has 0 aliphatic heterocycles. The number of hydrogen-bond acceptors (Lipinski definition) is 2. The standard InChI is InChI=1S/C10H16O4/c1-9(2)6(7(11)12)4-5-10(9,3)8(13)14/h6H,4-5H2,1-3H3,(H,11,12)(H,13,14)/t6-,10-/m0/s1. The van der Waals surface area contributed by atoms with E-state index < -0.39 is 28.7 Å². The summed E-state index contributed by atoms with van der Waals surface area (Å²) in [5, 5.41) is 18.1. The Labute approximate surface area is 82.9 Å². The van der Waals surface area contributed by atoms with Crippen molar-refractivity contribution in [3.63, 3.8) is 0 Å². The first kappa shape index (κ1) is 11.0. The van der Waals surface area contributed by atoms with Gasteiger partial charge in [-0.25, -0.2) is 0 Å². The maximum atomic E-state index is 11.1. The van der Waals surface area contributed by atoms with Crippen LogP contribution in [0.5, 0.6) is 0 Å². The van der Waals surface area contributed by atoms with E-state index in [1.807, 2.05) is 0 Å². The van der Waals surface area contributed by atoms with Crippen molar-refractivity contribution in [1.82, 2.24) is 0 Å². The van der Waals surface area contributed by atoms with Crippen LogP contribution in [0.15, 0.2) is 0 Å². The first-order valence-electron chi connectivity index (χ1n) is 4.69. The van der Waals surface area contributed by atoms with Crippen LogP contribution in [0.1, 0.15) is 33.6 Å². The van der Waals surface area contributed by atoms with Gasteiger partial charge in [0.15, 0.2) is 0 Å². The van der Waals surface area contributed by atoms with Crippen molar-refractivity contribution in [2.45, 2.75) is 33.6 Å². The SMILES string of the molecule is CC1(C)[C@H](C(=O)O)CC[C@@]1(C)C(=O)O. The summed E-state index contributed by atoms with van der Waals surface area (Å²) < 4.78 is 0. The van der Waals surface area contributed by atoms with Gasteiger partial charge in [0.05, 0.1) is 11.3 Å². The number of rotatable bonds is 2. The Morgan fingerprint density at radius 3 is 1.93 bits per heavy atom. The lowest BCUT2D eigenvalue weighted by Gasteiger charge is -2.36. The van der Waals surface area contributed by atoms with Crippen molar-refractivity contribution in [1.29, 1.82) is 0 Å². The molecule has 0 unspecified atom stereocenters. The summed E-state index contributed by atoms with van der Waals surface area (Å²) in [6.45, 7) is 5.10. The highest BCUT2D eigenvalue weighted by Crippen LogP contribution is 2.56. The Bertz CT molecular complexity index is 282. The summed E-state index contributed by atoms with van der Waals surface area (Å²) in [6.07, 6.45) is 0.886. The Morgan fingerprint density at radius 1 is 1.21 bits per heavy atom. The Balaban J connectivity index is 3.08. The molecular formula is C10H16O4. The molecule has 0 radical (unpaired) electrons. The van der Waals surface area contributed by atoms with E-state index in [2.05, 4.69) is 0 Å². The summed E-state index contributed by atoms with van der Waals surface area (Å²) in [7, 11) is 0. The topological polar surface area (TPSA) is 74.6 Å². The average molecular weight is 200 g/mol. The highest BCUT2D eigenvalue weighted by Gasteiger charge is 2.58. The van der Waals surface area contributed by atoms with Crippen LogP contribution in [-0.2, 0) is 9.59 Å². The fourth-order valence-electron chi connectivity index (χ4n) is 2.32. The number of aliphatic carboxylic acids is 2. The van der Waals surface area contributed by atoms with Crippen LogP contribution in [0.2, 0.25) is 0 Å². The second-order valence-electron chi connectivity index (χ2n) is 4.79. The van der Waals surface area contributed by atoms with E-state index in [1.165, 1.54) is 0 Å². The molecule has 1 saturated carbocycles. The smallest absolute Gasteiger partial charge is 0.309 e. The van der Waals surface area contributed by atoms with Crippen molar-refractivity contribution in [2.75, 3.05) is 0 Å². The Kier molecular flexibility index (Phi) is 2.34. The second kappa shape index (κ2) is 2.97. The molecule has 4 heteroatoms. The van der Waals surface area contributed by atoms with Crippen LogP contribution in [-0.4, -0.2) is 22.2 Å². The largest absolute Gasteiger partial charge is 0.481 e. The lowest BCUT2D eigenvalue weighted by Crippen LogP contribution is -2.42. The van der Waals surface area contributed by atoms with E-state index in [1.54, 1.807) is 20.8 Å². The van der Waals surface area contributed by atoms with E-state index in [4.69, 9.17) is 10.2 Å². The van der Waals surface area contributed by atoms with Gasteiger partial charge in [-0.15, -0.1) is 0 Å². The zero-order valence-corrected chi connectivity index (χ0v) is 8.70. The van der Waals surface area contributed by atoms with Crippen LogP contribution in [0.25, 0.3) is 0 Å². The van der Waals surface area contributed by atoms with E-state index in [0.717, 1.165) is 0 Å². The number of hydrogen-bond donors (Lipinski definition) is 2. The Morgan fingerprint density at radius 2 is 1.71 bits per heavy atom. The molecule has 1 fully saturated rings. The van der Waals surface area contributed by atoms with Gasteiger partial charge < -0.3 is 10.2 Å². The lowest BCUT2D eigenvalue weighted by molar-refractivity contribution is -0.157. The van der Waals surface area contributed by atoms with Gasteiger partial charge in [0, 0.05) is 0 Å². The van der Waals surface area contributed by atoms with Crippen molar-refractivity contribution in [3.8, 4) is 0 Å². The highest BCUT2D eigenvalue weighted by atomic mass is 16.4. The zero-order valence-electron chi connectivity index (χ0n) is 8.70. The summed E-state index contributed by atoms with van der Waals surface area (Å²) in [4.78, 5) is 22.0. The Hall–Kier alpha value is -1.06. The van der Waals surface area contributed by atoms with Gasteiger partial charge in [-0.1, -0.05) is 13.8 Å². The molecule has 1 rings (SSSR count). The van der Waals surface area contributed by atoms with Gasteiger partial charge in [-0.2, -0.15) is 0 Å². The molecule has 1 aliphatic rings. The van der Waals surface area contributed by atoms with Crippen molar-refractivity contribution < 1.29 is 19.8 Å². The maximum Gasteiger partial charge on any atom is 0.309 e. The molecule has 80 valence electrons. The molecule has 0 spiro atoms. The summed E-state index contributed by atoms with van der Waals surface area (Å²) >= 11 is 0. The first-order chi connectivity index (χ1) is 6.23. The molecule has 0 aromatic rings. The van der Waals surface area contributed by atoms with Gasteiger partial charge in [0.1, 0.15) is 0 Å². The second-order valence-corrected chi connectivity index (χ2v) is 4.79. The molecule has 0 aromatic heterocycles. The fraction of sp³-hybridized carbons (Fsp3) is 0.800. The molecular weight excluding hydrogens is 184 g/mol. The van der Waals surface area contributed by atoms with E-state index in [9.17, 15) is 9.59 Å². The molecule has 0 bridgehead atoms. The van der Waals surface area contributed by atoms with E-state index in [-0.39, 0.29) is 0 Å². The third kappa shape index (κ3) is 1.21. The third-order valence-corrected chi connectivity index (χ3v) is 4.00. The van der Waals surface area contributed by atoms with Gasteiger partial charge >= 0.3 is 11.9 Å². The number of carboxylic acids is 2. The summed E-state index contributed by atoms with van der Waals surface area (Å²) in [5.41, 5.74) is -1.61. The van der Waals surface area contributed by atoms with Gasteiger partial charge in [0.25, 0.3) is 0 Å². The summed E-state index contributed by atoms with van der Waals surface area (Å²) in [6, 6.07) is 0. The van der Waals surface area contributed by atoms with Gasteiger partial charge in [0.2, 0.25) is 0 Å². The average Bonchev–Trinajstić information content (AvgIpc) is 2.24. The van der Waals surface area contributed by atoms with Crippen molar-refractivity contribution in [3.05, 3.63) is 0 Å². The zero-order chi connectivity index (χ0) is 11.1. The highest BCUT2D eigenvalue weighted by molar-refractivity contribution is 5.80. The minimum absolute atomic E-state index is 0.437. The predicted octanol–water partition coefficient (Wildman–Crippen LogP) is 1.60. The van der Waals surface area contributed by atoms with Crippen LogP contribution in [0.4, 0.5) is 0 Å².